The number of sulfone groups is 1. The second-order valence-electron chi connectivity index (χ2n) is 4.66. The molecule has 24 heavy (non-hydrogen) atoms. The number of hydrogen-bond donors (Lipinski definition) is 0. The molecule has 2 rings (SSSR count). The molecule has 1 aromatic carbocycles. The highest BCUT2D eigenvalue weighted by Gasteiger charge is 2.30. The molecule has 130 valence electrons. The minimum atomic E-state index is -4.53. The molecule has 0 saturated carbocycles. The van der Waals surface area contributed by atoms with Gasteiger partial charge in [-0.15, -0.1) is 0 Å². The Morgan fingerprint density at radius 2 is 1.79 bits per heavy atom. The van der Waals surface area contributed by atoms with Gasteiger partial charge in [0.1, 0.15) is 5.75 Å². The summed E-state index contributed by atoms with van der Waals surface area (Å²) in [4.78, 5) is 7.40. The van der Waals surface area contributed by atoms with Crippen molar-refractivity contribution in [3.05, 3.63) is 35.9 Å². The smallest absolute Gasteiger partial charge is 0.416 e. The molecule has 0 atom stereocenters. The van der Waals surface area contributed by atoms with Crippen LogP contribution in [0.3, 0.4) is 0 Å². The van der Waals surface area contributed by atoms with E-state index < -0.39 is 26.7 Å². The van der Waals surface area contributed by atoms with Crippen LogP contribution in [0, 0.1) is 0 Å². The minimum absolute atomic E-state index is 0.0603. The zero-order valence-electron chi connectivity index (χ0n) is 12.7. The fourth-order valence-electron chi connectivity index (χ4n) is 1.68. The van der Waals surface area contributed by atoms with Gasteiger partial charge in [-0.2, -0.15) is 23.1 Å². The Morgan fingerprint density at radius 3 is 2.38 bits per heavy atom. The van der Waals surface area contributed by atoms with Gasteiger partial charge in [-0.05, 0) is 25.1 Å². The van der Waals surface area contributed by atoms with Crippen molar-refractivity contribution in [3.8, 4) is 17.5 Å². The van der Waals surface area contributed by atoms with E-state index in [-0.39, 0.29) is 24.1 Å². The summed E-state index contributed by atoms with van der Waals surface area (Å²) in [7, 11) is -3.75. The number of aromatic nitrogens is 2. The van der Waals surface area contributed by atoms with E-state index in [0.29, 0.717) is 0 Å². The largest absolute Gasteiger partial charge is 0.478 e. The molecular weight excluding hydrogens is 349 g/mol. The first-order valence-electron chi connectivity index (χ1n) is 6.66. The number of rotatable bonds is 5. The van der Waals surface area contributed by atoms with Crippen LogP contribution in [-0.2, 0) is 16.0 Å². The van der Waals surface area contributed by atoms with Crippen molar-refractivity contribution in [2.24, 2.45) is 0 Å². The fraction of sp³-hybridized carbons (Fsp3) is 0.286. The third kappa shape index (κ3) is 4.57. The SMILES string of the molecule is CCOc1cc(Oc2cccc(C(F)(F)F)c2)nc(S(C)(=O)=O)n1. The summed E-state index contributed by atoms with van der Waals surface area (Å²) < 4.78 is 71.7. The van der Waals surface area contributed by atoms with Crippen molar-refractivity contribution in [1.29, 1.82) is 0 Å². The number of halogens is 3. The first kappa shape index (κ1) is 18.0. The average molecular weight is 362 g/mol. The Morgan fingerprint density at radius 1 is 1.12 bits per heavy atom. The van der Waals surface area contributed by atoms with Gasteiger partial charge < -0.3 is 9.47 Å². The lowest BCUT2D eigenvalue weighted by molar-refractivity contribution is -0.137. The van der Waals surface area contributed by atoms with Crippen LogP contribution in [0.15, 0.2) is 35.5 Å². The van der Waals surface area contributed by atoms with E-state index in [1.807, 2.05) is 0 Å². The molecule has 0 amide bonds. The molecule has 0 aliphatic heterocycles. The van der Waals surface area contributed by atoms with Gasteiger partial charge in [0.05, 0.1) is 18.2 Å². The van der Waals surface area contributed by atoms with Crippen molar-refractivity contribution in [2.75, 3.05) is 12.9 Å². The third-order valence-electron chi connectivity index (χ3n) is 2.67. The molecule has 0 N–H and O–H groups in total. The molecule has 0 fully saturated rings. The van der Waals surface area contributed by atoms with Gasteiger partial charge in [-0.3, -0.25) is 0 Å². The van der Waals surface area contributed by atoms with Gasteiger partial charge in [0.2, 0.25) is 21.6 Å². The highest BCUT2D eigenvalue weighted by atomic mass is 32.2. The van der Waals surface area contributed by atoms with Crippen molar-refractivity contribution in [1.82, 2.24) is 9.97 Å². The predicted octanol–water partition coefficient (Wildman–Crippen LogP) is 3.09. The van der Waals surface area contributed by atoms with Gasteiger partial charge in [-0.25, -0.2) is 8.42 Å². The van der Waals surface area contributed by atoms with Crippen LogP contribution in [0.1, 0.15) is 12.5 Å². The van der Waals surface area contributed by atoms with E-state index >= 15 is 0 Å². The molecule has 10 heteroatoms. The Bertz CT molecular complexity index is 838. The molecule has 6 nitrogen and oxygen atoms in total. The van der Waals surface area contributed by atoms with Crippen molar-refractivity contribution >= 4 is 9.84 Å². The lowest BCUT2D eigenvalue weighted by atomic mass is 10.2. The van der Waals surface area contributed by atoms with Crippen LogP contribution in [0.25, 0.3) is 0 Å². The van der Waals surface area contributed by atoms with Crippen molar-refractivity contribution in [2.45, 2.75) is 18.3 Å². The number of ether oxygens (including phenoxy) is 2. The molecule has 0 spiro atoms. The van der Waals surface area contributed by atoms with E-state index in [2.05, 4.69) is 9.97 Å². The molecule has 0 radical (unpaired) electrons. The summed E-state index contributed by atoms with van der Waals surface area (Å²) in [6.07, 6.45) is -3.63. The summed E-state index contributed by atoms with van der Waals surface area (Å²) >= 11 is 0. The number of nitrogens with zero attached hydrogens (tertiary/aromatic N) is 2. The van der Waals surface area contributed by atoms with E-state index in [1.54, 1.807) is 6.92 Å². The Labute approximate surface area is 136 Å². The summed E-state index contributed by atoms with van der Waals surface area (Å²) in [6, 6.07) is 5.32. The van der Waals surface area contributed by atoms with Gasteiger partial charge in [0.25, 0.3) is 5.16 Å². The molecule has 0 aliphatic carbocycles. The Kier molecular flexibility index (Phi) is 4.97. The maximum atomic E-state index is 12.7. The molecule has 0 unspecified atom stereocenters. The topological polar surface area (TPSA) is 78.4 Å². The molecule has 2 aromatic rings. The van der Waals surface area contributed by atoms with Gasteiger partial charge >= 0.3 is 6.18 Å². The lowest BCUT2D eigenvalue weighted by Crippen LogP contribution is -2.07. The zero-order valence-corrected chi connectivity index (χ0v) is 13.5. The first-order valence-corrected chi connectivity index (χ1v) is 8.56. The lowest BCUT2D eigenvalue weighted by Gasteiger charge is -2.11. The minimum Gasteiger partial charge on any atom is -0.478 e. The van der Waals surface area contributed by atoms with Gasteiger partial charge in [0.15, 0.2) is 0 Å². The van der Waals surface area contributed by atoms with Gasteiger partial charge in [-0.1, -0.05) is 6.07 Å². The van der Waals surface area contributed by atoms with Crippen LogP contribution < -0.4 is 9.47 Å². The standard InChI is InChI=1S/C14H13F3N2O4S/c1-3-22-11-8-12(19-13(18-11)24(2,20)21)23-10-6-4-5-9(7-10)14(15,16)17/h4-8H,3H2,1-2H3. The Balaban J connectivity index is 2.40. The van der Waals surface area contributed by atoms with Crippen LogP contribution in [-0.4, -0.2) is 31.2 Å². The van der Waals surface area contributed by atoms with E-state index in [1.165, 1.54) is 18.2 Å². The zero-order chi connectivity index (χ0) is 18.0. The maximum Gasteiger partial charge on any atom is 0.416 e. The van der Waals surface area contributed by atoms with Crippen LogP contribution in [0.5, 0.6) is 17.5 Å². The average Bonchev–Trinajstić information content (AvgIpc) is 2.46. The second-order valence-corrected chi connectivity index (χ2v) is 6.57. The Hall–Kier alpha value is -2.36. The van der Waals surface area contributed by atoms with E-state index in [0.717, 1.165) is 18.4 Å². The van der Waals surface area contributed by atoms with Gasteiger partial charge in [0, 0.05) is 6.26 Å². The molecule has 0 aliphatic rings. The number of benzene rings is 1. The first-order chi connectivity index (χ1) is 11.1. The highest BCUT2D eigenvalue weighted by Crippen LogP contribution is 2.32. The summed E-state index contributed by atoms with van der Waals surface area (Å²) in [6.45, 7) is 1.87. The predicted molar refractivity (Wildman–Crippen MR) is 77.8 cm³/mol. The quantitative estimate of drug-likeness (QED) is 0.761. The fourth-order valence-corrected chi connectivity index (χ4v) is 2.19. The summed E-state index contributed by atoms with van der Waals surface area (Å²) in [5.41, 5.74) is -0.901. The number of hydrogen-bond acceptors (Lipinski definition) is 6. The third-order valence-corrected chi connectivity index (χ3v) is 3.51. The summed E-state index contributed by atoms with van der Waals surface area (Å²) in [5.74, 6) is -0.450. The van der Waals surface area contributed by atoms with Crippen LogP contribution in [0.2, 0.25) is 0 Å². The summed E-state index contributed by atoms with van der Waals surface area (Å²) in [5, 5.41) is -0.546. The molecule has 1 heterocycles. The molecular formula is C14H13F3N2O4S. The highest BCUT2D eigenvalue weighted by molar-refractivity contribution is 7.90. The van der Waals surface area contributed by atoms with Crippen molar-refractivity contribution < 1.29 is 31.1 Å². The monoisotopic (exact) mass is 362 g/mol. The normalized spacial score (nSPS) is 12.0. The second kappa shape index (κ2) is 6.63. The van der Waals surface area contributed by atoms with E-state index in [4.69, 9.17) is 9.47 Å². The van der Waals surface area contributed by atoms with Crippen molar-refractivity contribution in [3.63, 3.8) is 0 Å². The van der Waals surface area contributed by atoms with Crippen LogP contribution in [0.4, 0.5) is 13.2 Å². The molecule has 0 saturated heterocycles. The van der Waals surface area contributed by atoms with Crippen LogP contribution >= 0.6 is 0 Å². The maximum absolute atomic E-state index is 12.7. The van der Waals surface area contributed by atoms with E-state index in [9.17, 15) is 21.6 Å². The molecule has 0 bridgehead atoms. The molecule has 1 aromatic heterocycles. The number of alkyl halides is 3.